The molecule has 0 radical (unpaired) electrons. The van der Waals surface area contributed by atoms with Crippen molar-refractivity contribution in [3.05, 3.63) is 48.2 Å². The van der Waals surface area contributed by atoms with Crippen LogP contribution in [0.15, 0.2) is 42.6 Å². The van der Waals surface area contributed by atoms with Crippen molar-refractivity contribution < 1.29 is 4.79 Å². The molecule has 0 heterocycles. The lowest BCUT2D eigenvalue weighted by Crippen LogP contribution is -1.94. The van der Waals surface area contributed by atoms with Crippen molar-refractivity contribution in [2.24, 2.45) is 5.73 Å². The lowest BCUT2D eigenvalue weighted by molar-refractivity contribution is 0.104. The maximum atomic E-state index is 11.1. The summed E-state index contributed by atoms with van der Waals surface area (Å²) < 4.78 is 0. The molecule has 0 fully saturated rings. The maximum Gasteiger partial charge on any atom is 0.187 e. The minimum atomic E-state index is -0.0619. The van der Waals surface area contributed by atoms with Gasteiger partial charge in [-0.3, -0.25) is 4.79 Å². The van der Waals surface area contributed by atoms with Crippen molar-refractivity contribution in [3.8, 4) is 0 Å². The lowest BCUT2D eigenvalue weighted by atomic mass is 10.1. The van der Waals surface area contributed by atoms with Gasteiger partial charge in [0.25, 0.3) is 0 Å². The average molecular weight is 147 g/mol. The van der Waals surface area contributed by atoms with E-state index in [1.54, 1.807) is 12.1 Å². The molecular weight excluding hydrogens is 138 g/mol. The van der Waals surface area contributed by atoms with Crippen LogP contribution in [-0.2, 0) is 0 Å². The predicted octanol–water partition coefficient (Wildman–Crippen LogP) is 1.34. The van der Waals surface area contributed by atoms with Gasteiger partial charge in [-0.2, -0.15) is 0 Å². The number of benzene rings is 1. The highest BCUT2D eigenvalue weighted by Crippen LogP contribution is 1.99. The molecule has 11 heavy (non-hydrogen) atoms. The highest BCUT2D eigenvalue weighted by atomic mass is 16.1. The van der Waals surface area contributed by atoms with Crippen LogP contribution in [0.25, 0.3) is 0 Å². The third-order valence-corrected chi connectivity index (χ3v) is 1.31. The standard InChI is InChI=1S/C9H9NO/c10-7-6-9(11)8-4-2-1-3-5-8/h1-7H,10H2/b7-6-. The summed E-state index contributed by atoms with van der Waals surface area (Å²) in [5.41, 5.74) is 5.73. The zero-order valence-corrected chi connectivity index (χ0v) is 6.03. The topological polar surface area (TPSA) is 43.1 Å². The predicted molar refractivity (Wildman–Crippen MR) is 44.1 cm³/mol. The zero-order chi connectivity index (χ0) is 8.10. The molecule has 1 aromatic rings. The summed E-state index contributed by atoms with van der Waals surface area (Å²) in [5, 5.41) is 0. The first kappa shape index (κ1) is 7.54. The molecule has 1 rings (SSSR count). The van der Waals surface area contributed by atoms with Crippen molar-refractivity contribution in [1.82, 2.24) is 0 Å². The number of carbonyl (C=O) groups excluding carboxylic acids is 1. The summed E-state index contributed by atoms with van der Waals surface area (Å²) in [6.45, 7) is 0. The Morgan fingerprint density at radius 1 is 1.27 bits per heavy atom. The highest BCUT2D eigenvalue weighted by Gasteiger charge is 1.97. The van der Waals surface area contributed by atoms with Crippen molar-refractivity contribution in [2.45, 2.75) is 0 Å². The van der Waals surface area contributed by atoms with Crippen LogP contribution in [0.4, 0.5) is 0 Å². The van der Waals surface area contributed by atoms with E-state index in [-0.39, 0.29) is 5.78 Å². The largest absolute Gasteiger partial charge is 0.404 e. The number of nitrogens with two attached hydrogens (primary N) is 1. The summed E-state index contributed by atoms with van der Waals surface area (Å²) in [4.78, 5) is 11.1. The first-order valence-corrected chi connectivity index (χ1v) is 3.32. The maximum absolute atomic E-state index is 11.1. The van der Waals surface area contributed by atoms with E-state index in [4.69, 9.17) is 5.73 Å². The van der Waals surface area contributed by atoms with E-state index in [2.05, 4.69) is 0 Å². The van der Waals surface area contributed by atoms with Gasteiger partial charge in [-0.1, -0.05) is 30.3 Å². The zero-order valence-electron chi connectivity index (χ0n) is 6.03. The van der Waals surface area contributed by atoms with E-state index in [0.717, 1.165) is 0 Å². The van der Waals surface area contributed by atoms with Gasteiger partial charge >= 0.3 is 0 Å². The van der Waals surface area contributed by atoms with Gasteiger partial charge in [-0.15, -0.1) is 0 Å². The van der Waals surface area contributed by atoms with Crippen molar-refractivity contribution in [1.29, 1.82) is 0 Å². The Morgan fingerprint density at radius 2 is 1.91 bits per heavy atom. The van der Waals surface area contributed by atoms with E-state index >= 15 is 0 Å². The fourth-order valence-corrected chi connectivity index (χ4v) is 0.786. The molecule has 0 aliphatic heterocycles. The summed E-state index contributed by atoms with van der Waals surface area (Å²) in [5.74, 6) is -0.0619. The third-order valence-electron chi connectivity index (χ3n) is 1.31. The van der Waals surface area contributed by atoms with Gasteiger partial charge in [0.1, 0.15) is 0 Å². The number of ketones is 1. The second kappa shape index (κ2) is 3.56. The molecule has 2 nitrogen and oxygen atoms in total. The van der Waals surface area contributed by atoms with Gasteiger partial charge < -0.3 is 5.73 Å². The molecule has 0 saturated heterocycles. The quantitative estimate of drug-likeness (QED) is 0.506. The van der Waals surface area contributed by atoms with E-state index in [1.165, 1.54) is 12.3 Å². The summed E-state index contributed by atoms with van der Waals surface area (Å²) in [7, 11) is 0. The fraction of sp³-hybridized carbons (Fsp3) is 0. The van der Waals surface area contributed by atoms with Crippen LogP contribution in [0.3, 0.4) is 0 Å². The summed E-state index contributed by atoms with van der Waals surface area (Å²) in [6.07, 6.45) is 2.59. The van der Waals surface area contributed by atoms with Crippen molar-refractivity contribution in [2.75, 3.05) is 0 Å². The normalized spacial score (nSPS) is 10.2. The smallest absolute Gasteiger partial charge is 0.187 e. The van der Waals surface area contributed by atoms with Gasteiger partial charge in [-0.05, 0) is 6.20 Å². The van der Waals surface area contributed by atoms with E-state index in [1.807, 2.05) is 18.2 Å². The van der Waals surface area contributed by atoms with Crippen LogP contribution in [0, 0.1) is 0 Å². The molecule has 0 spiro atoms. The first-order chi connectivity index (χ1) is 5.34. The molecule has 2 heteroatoms. The Hall–Kier alpha value is -1.57. The SMILES string of the molecule is N/C=C\C(=O)c1ccccc1. The van der Waals surface area contributed by atoms with Gasteiger partial charge in [0.15, 0.2) is 5.78 Å². The minimum Gasteiger partial charge on any atom is -0.404 e. The lowest BCUT2D eigenvalue weighted by Gasteiger charge is -1.91. The molecule has 0 unspecified atom stereocenters. The Morgan fingerprint density at radius 3 is 2.45 bits per heavy atom. The highest BCUT2D eigenvalue weighted by molar-refractivity contribution is 6.04. The first-order valence-electron chi connectivity index (χ1n) is 3.32. The fourth-order valence-electron chi connectivity index (χ4n) is 0.786. The van der Waals surface area contributed by atoms with Crippen molar-refractivity contribution in [3.63, 3.8) is 0 Å². The Bertz CT molecular complexity index is 264. The van der Waals surface area contributed by atoms with E-state index < -0.39 is 0 Å². The number of rotatable bonds is 2. The van der Waals surface area contributed by atoms with Gasteiger partial charge in [0.2, 0.25) is 0 Å². The molecule has 0 aliphatic carbocycles. The van der Waals surface area contributed by atoms with Gasteiger partial charge in [0, 0.05) is 11.6 Å². The van der Waals surface area contributed by atoms with Gasteiger partial charge in [-0.25, -0.2) is 0 Å². The summed E-state index contributed by atoms with van der Waals surface area (Å²) in [6, 6.07) is 9.00. The van der Waals surface area contributed by atoms with Crippen LogP contribution in [0.2, 0.25) is 0 Å². The molecule has 0 saturated carbocycles. The number of allylic oxidation sites excluding steroid dienone is 1. The number of carbonyl (C=O) groups is 1. The second-order valence-corrected chi connectivity index (χ2v) is 2.09. The van der Waals surface area contributed by atoms with E-state index in [9.17, 15) is 4.79 Å². The molecule has 0 atom stereocenters. The average Bonchev–Trinajstić information content (AvgIpc) is 2.07. The number of hydrogen-bond acceptors (Lipinski definition) is 2. The van der Waals surface area contributed by atoms with Crippen LogP contribution in [0.5, 0.6) is 0 Å². The van der Waals surface area contributed by atoms with Crippen molar-refractivity contribution >= 4 is 5.78 Å². The minimum absolute atomic E-state index is 0.0619. The molecule has 0 aromatic heterocycles. The van der Waals surface area contributed by atoms with Crippen LogP contribution >= 0.6 is 0 Å². The van der Waals surface area contributed by atoms with Gasteiger partial charge in [0.05, 0.1) is 0 Å². The van der Waals surface area contributed by atoms with Crippen LogP contribution < -0.4 is 5.73 Å². The monoisotopic (exact) mass is 147 g/mol. The summed E-state index contributed by atoms with van der Waals surface area (Å²) >= 11 is 0. The molecule has 0 amide bonds. The Labute approximate surface area is 65.3 Å². The third kappa shape index (κ3) is 1.93. The van der Waals surface area contributed by atoms with E-state index in [0.29, 0.717) is 5.56 Å². The molecule has 56 valence electrons. The Kier molecular flexibility index (Phi) is 2.44. The molecule has 0 aliphatic rings. The molecule has 1 aromatic carbocycles. The number of hydrogen-bond donors (Lipinski definition) is 1. The van der Waals surface area contributed by atoms with Crippen LogP contribution in [0.1, 0.15) is 10.4 Å². The Balaban J connectivity index is 2.86. The second-order valence-electron chi connectivity index (χ2n) is 2.09. The molecule has 2 N–H and O–H groups in total. The molecular formula is C9H9NO. The van der Waals surface area contributed by atoms with Crippen LogP contribution in [-0.4, -0.2) is 5.78 Å². The molecule has 0 bridgehead atoms.